The Morgan fingerprint density at radius 3 is 2.72 bits per heavy atom. The van der Waals surface area contributed by atoms with Gasteiger partial charge in [0.05, 0.1) is 0 Å². The monoisotopic (exact) mass is 254 g/mol. The number of carbonyl (C=O) groups excluding carboxylic acids is 1. The number of nitrogens with one attached hydrogen (secondary N) is 1. The third kappa shape index (κ3) is 3.62. The maximum Gasteiger partial charge on any atom is 0.317 e. The van der Waals surface area contributed by atoms with E-state index in [1.807, 2.05) is 0 Å². The third-order valence-corrected chi connectivity index (χ3v) is 4.04. The van der Waals surface area contributed by atoms with Crippen molar-refractivity contribution in [3.63, 3.8) is 0 Å². The van der Waals surface area contributed by atoms with Crippen LogP contribution in [0.4, 0.5) is 4.79 Å². The standard InChI is InChI=1S/C13H22N2O3/c1-9(11-2-3-11)7-14-13(18)15-5-4-10(8-15)6-12(16)17/h9-11H,2-8H2,1H3,(H,14,18)(H,16,17). The van der Waals surface area contributed by atoms with E-state index in [-0.39, 0.29) is 18.4 Å². The van der Waals surface area contributed by atoms with Crippen LogP contribution in [-0.2, 0) is 4.79 Å². The van der Waals surface area contributed by atoms with Gasteiger partial charge in [0, 0.05) is 26.1 Å². The summed E-state index contributed by atoms with van der Waals surface area (Å²) in [4.78, 5) is 24.2. The zero-order chi connectivity index (χ0) is 13.1. The number of rotatable bonds is 5. The highest BCUT2D eigenvalue weighted by atomic mass is 16.4. The van der Waals surface area contributed by atoms with Gasteiger partial charge >= 0.3 is 12.0 Å². The summed E-state index contributed by atoms with van der Waals surface area (Å²) >= 11 is 0. The molecule has 2 unspecified atom stereocenters. The lowest BCUT2D eigenvalue weighted by Gasteiger charge is -2.19. The number of hydrogen-bond acceptors (Lipinski definition) is 2. The summed E-state index contributed by atoms with van der Waals surface area (Å²) < 4.78 is 0. The summed E-state index contributed by atoms with van der Waals surface area (Å²) in [6.45, 7) is 4.18. The molecule has 1 aliphatic heterocycles. The van der Waals surface area contributed by atoms with E-state index in [1.54, 1.807) is 4.90 Å². The molecule has 2 aliphatic rings. The molecule has 1 heterocycles. The van der Waals surface area contributed by atoms with Crippen molar-refractivity contribution in [3.05, 3.63) is 0 Å². The van der Waals surface area contributed by atoms with Gasteiger partial charge in [0.1, 0.15) is 0 Å². The van der Waals surface area contributed by atoms with Crippen molar-refractivity contribution in [2.24, 2.45) is 17.8 Å². The molecule has 1 saturated heterocycles. The number of carboxylic acids is 1. The molecule has 0 aromatic heterocycles. The Labute approximate surface area is 108 Å². The molecule has 0 radical (unpaired) electrons. The van der Waals surface area contributed by atoms with Gasteiger partial charge in [0.25, 0.3) is 0 Å². The fraction of sp³-hybridized carbons (Fsp3) is 0.846. The molecule has 0 bridgehead atoms. The van der Waals surface area contributed by atoms with Gasteiger partial charge < -0.3 is 15.3 Å². The van der Waals surface area contributed by atoms with Crippen LogP contribution in [-0.4, -0.2) is 41.6 Å². The van der Waals surface area contributed by atoms with Gasteiger partial charge in [-0.25, -0.2) is 4.79 Å². The average Bonchev–Trinajstić information content (AvgIpc) is 3.06. The molecule has 102 valence electrons. The molecule has 1 aliphatic carbocycles. The SMILES string of the molecule is CC(CNC(=O)N1CCC(CC(=O)O)C1)C1CC1. The van der Waals surface area contributed by atoms with Gasteiger partial charge in [-0.3, -0.25) is 4.79 Å². The minimum atomic E-state index is -0.774. The largest absolute Gasteiger partial charge is 0.481 e. The minimum Gasteiger partial charge on any atom is -0.481 e. The van der Waals surface area contributed by atoms with E-state index in [0.29, 0.717) is 19.0 Å². The van der Waals surface area contributed by atoms with Crippen molar-refractivity contribution >= 4 is 12.0 Å². The summed E-state index contributed by atoms with van der Waals surface area (Å²) in [6.07, 6.45) is 3.56. The van der Waals surface area contributed by atoms with E-state index >= 15 is 0 Å². The van der Waals surface area contributed by atoms with E-state index in [4.69, 9.17) is 5.11 Å². The Morgan fingerprint density at radius 2 is 2.11 bits per heavy atom. The second kappa shape index (κ2) is 5.59. The van der Waals surface area contributed by atoms with E-state index in [0.717, 1.165) is 18.9 Å². The lowest BCUT2D eigenvalue weighted by atomic mass is 10.1. The van der Waals surface area contributed by atoms with Crippen LogP contribution >= 0.6 is 0 Å². The van der Waals surface area contributed by atoms with Crippen LogP contribution < -0.4 is 5.32 Å². The number of likely N-dealkylation sites (tertiary alicyclic amines) is 1. The Bertz CT molecular complexity index is 328. The van der Waals surface area contributed by atoms with Gasteiger partial charge in [-0.15, -0.1) is 0 Å². The van der Waals surface area contributed by atoms with Crippen LogP contribution in [0.1, 0.15) is 32.6 Å². The number of urea groups is 1. The summed E-state index contributed by atoms with van der Waals surface area (Å²) in [5, 5.41) is 11.7. The number of aliphatic carboxylic acids is 1. The van der Waals surface area contributed by atoms with E-state index in [2.05, 4.69) is 12.2 Å². The van der Waals surface area contributed by atoms with Gasteiger partial charge in [0.15, 0.2) is 0 Å². The Hall–Kier alpha value is -1.26. The van der Waals surface area contributed by atoms with Crippen molar-refractivity contribution in [1.29, 1.82) is 0 Å². The van der Waals surface area contributed by atoms with E-state index < -0.39 is 5.97 Å². The fourth-order valence-corrected chi connectivity index (χ4v) is 2.62. The van der Waals surface area contributed by atoms with Crippen molar-refractivity contribution in [1.82, 2.24) is 10.2 Å². The maximum atomic E-state index is 11.9. The molecular weight excluding hydrogens is 232 g/mol. The van der Waals surface area contributed by atoms with Crippen LogP contribution in [0.2, 0.25) is 0 Å². The lowest BCUT2D eigenvalue weighted by Crippen LogP contribution is -2.40. The average molecular weight is 254 g/mol. The minimum absolute atomic E-state index is 0.0320. The third-order valence-electron chi connectivity index (χ3n) is 4.04. The zero-order valence-corrected chi connectivity index (χ0v) is 10.9. The van der Waals surface area contributed by atoms with Gasteiger partial charge in [0.2, 0.25) is 0 Å². The van der Waals surface area contributed by atoms with E-state index in [1.165, 1.54) is 12.8 Å². The normalized spacial score (nSPS) is 24.9. The van der Waals surface area contributed by atoms with Gasteiger partial charge in [-0.1, -0.05) is 6.92 Å². The summed E-state index contributed by atoms with van der Waals surface area (Å²) in [5.41, 5.74) is 0. The number of nitrogens with zero attached hydrogens (tertiary/aromatic N) is 1. The second-order valence-electron chi connectivity index (χ2n) is 5.70. The first-order chi connectivity index (χ1) is 8.56. The molecule has 1 saturated carbocycles. The molecular formula is C13H22N2O3. The number of amides is 2. The van der Waals surface area contributed by atoms with Crippen LogP contribution in [0, 0.1) is 17.8 Å². The first-order valence-electron chi connectivity index (χ1n) is 6.81. The molecule has 5 nitrogen and oxygen atoms in total. The number of carboxylic acid groups (broad SMARTS) is 1. The Kier molecular flexibility index (Phi) is 4.09. The topological polar surface area (TPSA) is 69.6 Å². The maximum absolute atomic E-state index is 11.9. The molecule has 2 atom stereocenters. The summed E-state index contributed by atoms with van der Waals surface area (Å²) in [7, 11) is 0. The van der Waals surface area contributed by atoms with Crippen LogP contribution in [0.3, 0.4) is 0 Å². The molecule has 0 aromatic rings. The van der Waals surface area contributed by atoms with Crippen LogP contribution in [0.25, 0.3) is 0 Å². The molecule has 2 rings (SSSR count). The summed E-state index contributed by atoms with van der Waals surface area (Å²) in [6, 6.07) is -0.0320. The Morgan fingerprint density at radius 1 is 1.39 bits per heavy atom. The predicted octanol–water partition coefficient (Wildman–Crippen LogP) is 1.54. The van der Waals surface area contributed by atoms with Crippen molar-refractivity contribution in [3.8, 4) is 0 Å². The summed E-state index contributed by atoms with van der Waals surface area (Å²) in [5.74, 6) is 0.703. The quantitative estimate of drug-likeness (QED) is 0.782. The molecule has 2 fully saturated rings. The van der Waals surface area contributed by atoms with Gasteiger partial charge in [-0.2, -0.15) is 0 Å². The molecule has 18 heavy (non-hydrogen) atoms. The first kappa shape index (κ1) is 13.2. The number of hydrogen-bond donors (Lipinski definition) is 2. The zero-order valence-electron chi connectivity index (χ0n) is 10.9. The highest BCUT2D eigenvalue weighted by molar-refractivity contribution is 5.74. The van der Waals surface area contributed by atoms with Crippen molar-refractivity contribution in [2.75, 3.05) is 19.6 Å². The molecule has 2 N–H and O–H groups in total. The highest BCUT2D eigenvalue weighted by Crippen LogP contribution is 2.36. The lowest BCUT2D eigenvalue weighted by molar-refractivity contribution is -0.138. The molecule has 0 spiro atoms. The first-order valence-corrected chi connectivity index (χ1v) is 6.81. The Balaban J connectivity index is 1.68. The molecule has 2 amide bonds. The van der Waals surface area contributed by atoms with Crippen LogP contribution in [0.15, 0.2) is 0 Å². The second-order valence-corrected chi connectivity index (χ2v) is 5.70. The molecule has 0 aromatic carbocycles. The van der Waals surface area contributed by atoms with Crippen molar-refractivity contribution < 1.29 is 14.7 Å². The highest BCUT2D eigenvalue weighted by Gasteiger charge is 2.30. The fourth-order valence-electron chi connectivity index (χ4n) is 2.62. The number of carbonyl (C=O) groups is 2. The smallest absolute Gasteiger partial charge is 0.317 e. The van der Waals surface area contributed by atoms with E-state index in [9.17, 15) is 9.59 Å². The predicted molar refractivity (Wildman–Crippen MR) is 67.2 cm³/mol. The van der Waals surface area contributed by atoms with Crippen LogP contribution in [0.5, 0.6) is 0 Å². The van der Waals surface area contributed by atoms with Gasteiger partial charge in [-0.05, 0) is 37.0 Å². The molecule has 5 heteroatoms. The van der Waals surface area contributed by atoms with Crippen molar-refractivity contribution in [2.45, 2.75) is 32.6 Å².